The number of methoxy groups -OCH3 is 1. The first kappa shape index (κ1) is 30.4. The van der Waals surface area contributed by atoms with E-state index in [0.717, 1.165) is 16.8 Å². The number of rotatable bonds is 11. The summed E-state index contributed by atoms with van der Waals surface area (Å²) in [7, 11) is -2.58. The van der Waals surface area contributed by atoms with Crippen LogP contribution in [0.3, 0.4) is 0 Å². The average molecular weight is 589 g/mol. The second kappa shape index (κ2) is 13.4. The number of benzene rings is 3. The van der Waals surface area contributed by atoms with Crippen LogP contribution < -0.4 is 19.7 Å². The lowest BCUT2D eigenvalue weighted by Crippen LogP contribution is -2.38. The van der Waals surface area contributed by atoms with Crippen molar-refractivity contribution in [1.29, 1.82) is 0 Å². The van der Waals surface area contributed by atoms with Gasteiger partial charge in [0.15, 0.2) is 0 Å². The molecule has 4 aromatic rings. The van der Waals surface area contributed by atoms with Crippen molar-refractivity contribution in [2.75, 3.05) is 29.8 Å². The van der Waals surface area contributed by atoms with Crippen molar-refractivity contribution in [3.05, 3.63) is 103 Å². The van der Waals surface area contributed by atoms with Gasteiger partial charge in [-0.1, -0.05) is 48.5 Å². The molecule has 0 spiro atoms. The van der Waals surface area contributed by atoms with Gasteiger partial charge in [0, 0.05) is 43.3 Å². The third kappa shape index (κ3) is 8.47. The van der Waals surface area contributed by atoms with E-state index in [4.69, 9.17) is 9.47 Å². The summed E-state index contributed by atoms with van der Waals surface area (Å²) < 4.78 is 40.7. The van der Waals surface area contributed by atoms with Crippen LogP contribution in [0, 0.1) is 0 Å². The molecule has 0 aliphatic rings. The van der Waals surface area contributed by atoms with Gasteiger partial charge in [0.2, 0.25) is 0 Å². The number of ether oxygens (including phenoxy) is 2. The summed E-state index contributed by atoms with van der Waals surface area (Å²) >= 11 is 0. The highest BCUT2D eigenvalue weighted by atomic mass is 32.2. The molecule has 0 saturated carbocycles. The van der Waals surface area contributed by atoms with Crippen molar-refractivity contribution in [3.63, 3.8) is 0 Å². The maximum Gasteiger partial charge on any atom is 0.407 e. The molecule has 1 amide bonds. The summed E-state index contributed by atoms with van der Waals surface area (Å²) in [5.74, 6) is 0.227. The zero-order valence-corrected chi connectivity index (χ0v) is 25.0. The lowest BCUT2D eigenvalue weighted by atomic mass is 10.1. The first-order chi connectivity index (χ1) is 20.0. The molecule has 1 heterocycles. The molecule has 0 unspecified atom stereocenters. The van der Waals surface area contributed by atoms with E-state index >= 15 is 0 Å². The molecule has 10 heteroatoms. The maximum atomic E-state index is 13.6. The predicted molar refractivity (Wildman–Crippen MR) is 165 cm³/mol. The minimum Gasteiger partial charge on any atom is -0.495 e. The Kier molecular flexibility index (Phi) is 9.69. The fourth-order valence-corrected chi connectivity index (χ4v) is 5.53. The van der Waals surface area contributed by atoms with Crippen molar-refractivity contribution in [2.45, 2.75) is 37.8 Å². The molecular formula is C32H36N4O5S. The maximum absolute atomic E-state index is 13.6. The zero-order valence-electron chi connectivity index (χ0n) is 24.2. The monoisotopic (exact) mass is 588 g/mol. The van der Waals surface area contributed by atoms with Crippen LogP contribution in [-0.4, -0.2) is 45.3 Å². The van der Waals surface area contributed by atoms with Gasteiger partial charge < -0.3 is 19.7 Å². The number of pyridine rings is 1. The van der Waals surface area contributed by atoms with Gasteiger partial charge in [0.25, 0.3) is 10.0 Å². The number of carbonyl (C=O) groups excluding carboxylic acids is 1. The van der Waals surface area contributed by atoms with Gasteiger partial charge in [-0.3, -0.25) is 9.71 Å². The lowest BCUT2D eigenvalue weighted by molar-refractivity contribution is 0.0529. The van der Waals surface area contributed by atoms with E-state index in [1.807, 2.05) is 63.2 Å². The zero-order chi connectivity index (χ0) is 30.2. The van der Waals surface area contributed by atoms with E-state index in [0.29, 0.717) is 30.9 Å². The number of hydrogen-bond donors (Lipinski definition) is 2. The van der Waals surface area contributed by atoms with Crippen molar-refractivity contribution < 1.29 is 22.7 Å². The molecule has 42 heavy (non-hydrogen) atoms. The minimum atomic E-state index is -4.02. The third-order valence-corrected chi connectivity index (χ3v) is 7.58. The number of hydrogen-bond acceptors (Lipinski definition) is 7. The molecule has 0 aliphatic heterocycles. The minimum absolute atomic E-state index is 0.0134. The van der Waals surface area contributed by atoms with Crippen LogP contribution in [0.4, 0.5) is 16.2 Å². The Morgan fingerprint density at radius 1 is 0.929 bits per heavy atom. The summed E-state index contributed by atoms with van der Waals surface area (Å²) in [5.41, 5.74) is 3.12. The molecular weight excluding hydrogens is 552 g/mol. The second-order valence-electron chi connectivity index (χ2n) is 10.6. The van der Waals surface area contributed by atoms with Crippen LogP contribution in [0.1, 0.15) is 26.3 Å². The van der Waals surface area contributed by atoms with Crippen molar-refractivity contribution in [1.82, 2.24) is 10.3 Å². The molecule has 0 saturated heterocycles. The average Bonchev–Trinajstić information content (AvgIpc) is 2.96. The Labute approximate surface area is 247 Å². The van der Waals surface area contributed by atoms with E-state index in [2.05, 4.69) is 19.9 Å². The molecule has 0 bridgehead atoms. The summed E-state index contributed by atoms with van der Waals surface area (Å²) in [6, 6.07) is 25.7. The standard InChI is InChI=1S/C32H36N4O5S/c1-32(2,3)41-31(37)34-18-19-36(23-24-10-6-5-7-11-24)28-14-8-13-27(21-28)35-42(38,39)30-20-25(15-16-29(30)40-4)26-12-9-17-33-22-26/h5-17,20-22,35H,18-19,23H2,1-4H3,(H,34,37). The molecule has 0 atom stereocenters. The Balaban J connectivity index is 1.57. The second-order valence-corrected chi connectivity index (χ2v) is 12.2. The highest BCUT2D eigenvalue weighted by Crippen LogP contribution is 2.32. The number of anilines is 2. The Hall–Kier alpha value is -4.57. The molecule has 4 rings (SSSR count). The molecule has 9 nitrogen and oxygen atoms in total. The number of amides is 1. The van der Waals surface area contributed by atoms with Crippen LogP contribution in [0.5, 0.6) is 5.75 Å². The first-order valence-electron chi connectivity index (χ1n) is 13.5. The van der Waals surface area contributed by atoms with Gasteiger partial charge in [-0.25, -0.2) is 13.2 Å². The Bertz CT molecular complexity index is 1590. The van der Waals surface area contributed by atoms with E-state index in [1.165, 1.54) is 7.11 Å². The quantitative estimate of drug-likeness (QED) is 0.218. The van der Waals surface area contributed by atoms with Crippen molar-refractivity contribution in [2.24, 2.45) is 0 Å². The van der Waals surface area contributed by atoms with Gasteiger partial charge in [0.1, 0.15) is 16.2 Å². The van der Waals surface area contributed by atoms with Crippen molar-refractivity contribution in [3.8, 4) is 16.9 Å². The smallest absolute Gasteiger partial charge is 0.407 e. The van der Waals surface area contributed by atoms with Crippen LogP contribution in [0.15, 0.2) is 102 Å². The fraction of sp³-hybridized carbons (Fsp3) is 0.250. The molecule has 0 fully saturated rings. The van der Waals surface area contributed by atoms with Gasteiger partial charge in [-0.15, -0.1) is 0 Å². The number of nitrogens with zero attached hydrogens (tertiary/aromatic N) is 2. The number of alkyl carbamates (subject to hydrolysis) is 1. The van der Waals surface area contributed by atoms with Crippen LogP contribution >= 0.6 is 0 Å². The third-order valence-electron chi connectivity index (χ3n) is 6.18. The largest absolute Gasteiger partial charge is 0.495 e. The predicted octanol–water partition coefficient (Wildman–Crippen LogP) is 6.09. The lowest BCUT2D eigenvalue weighted by Gasteiger charge is -2.26. The SMILES string of the molecule is COc1ccc(-c2cccnc2)cc1S(=O)(=O)Nc1cccc(N(CCNC(=O)OC(C)(C)C)Cc2ccccc2)c1. The van der Waals surface area contributed by atoms with Gasteiger partial charge in [-0.05, 0) is 68.3 Å². The van der Waals surface area contributed by atoms with E-state index in [1.54, 1.807) is 54.9 Å². The molecule has 3 aromatic carbocycles. The van der Waals surface area contributed by atoms with Crippen LogP contribution in [0.25, 0.3) is 11.1 Å². The van der Waals surface area contributed by atoms with Crippen LogP contribution in [0.2, 0.25) is 0 Å². The molecule has 220 valence electrons. The first-order valence-corrected chi connectivity index (χ1v) is 15.0. The highest BCUT2D eigenvalue weighted by molar-refractivity contribution is 7.92. The van der Waals surface area contributed by atoms with Gasteiger partial charge >= 0.3 is 6.09 Å². The number of carbonyl (C=O) groups is 1. The molecule has 2 N–H and O–H groups in total. The summed E-state index contributed by atoms with van der Waals surface area (Å²) in [6.07, 6.45) is 2.84. The summed E-state index contributed by atoms with van der Waals surface area (Å²) in [4.78, 5) is 18.4. The van der Waals surface area contributed by atoms with Crippen LogP contribution in [-0.2, 0) is 21.3 Å². The summed E-state index contributed by atoms with van der Waals surface area (Å²) in [5, 5.41) is 2.80. The number of nitrogens with one attached hydrogen (secondary N) is 2. The molecule has 1 aromatic heterocycles. The number of aromatic nitrogens is 1. The van der Waals surface area contributed by atoms with Gasteiger partial charge in [0.05, 0.1) is 12.8 Å². The Morgan fingerprint density at radius 2 is 1.71 bits per heavy atom. The number of sulfonamides is 1. The normalized spacial score (nSPS) is 11.4. The van der Waals surface area contributed by atoms with E-state index in [9.17, 15) is 13.2 Å². The van der Waals surface area contributed by atoms with E-state index < -0.39 is 21.7 Å². The van der Waals surface area contributed by atoms with E-state index in [-0.39, 0.29) is 10.6 Å². The van der Waals surface area contributed by atoms with Crippen molar-refractivity contribution >= 4 is 27.5 Å². The van der Waals surface area contributed by atoms with Gasteiger partial charge in [-0.2, -0.15) is 0 Å². The Morgan fingerprint density at radius 3 is 2.40 bits per heavy atom. The molecule has 0 aliphatic carbocycles. The fourth-order valence-electron chi connectivity index (χ4n) is 4.29. The summed E-state index contributed by atoms with van der Waals surface area (Å²) in [6.45, 7) is 6.78. The molecule has 0 radical (unpaired) electrons. The highest BCUT2D eigenvalue weighted by Gasteiger charge is 2.22. The topological polar surface area (TPSA) is 110 Å².